The number of hydrogen-bond acceptors (Lipinski definition) is 4. The van der Waals surface area contributed by atoms with Crippen molar-refractivity contribution in [2.45, 2.75) is 27.3 Å². The highest BCUT2D eigenvalue weighted by Gasteiger charge is 2.15. The summed E-state index contributed by atoms with van der Waals surface area (Å²) in [6.45, 7) is 5.94. The number of ether oxygens (including phenoxy) is 1. The highest BCUT2D eigenvalue weighted by Crippen LogP contribution is 2.18. The van der Waals surface area contributed by atoms with Gasteiger partial charge < -0.3 is 15.4 Å². The molecule has 0 radical (unpaired) electrons. The van der Waals surface area contributed by atoms with Gasteiger partial charge in [0.25, 0.3) is 0 Å². The first-order chi connectivity index (χ1) is 11.5. The van der Waals surface area contributed by atoms with E-state index < -0.39 is 5.97 Å². The number of anilines is 1. The zero-order valence-electron chi connectivity index (χ0n) is 14.1. The van der Waals surface area contributed by atoms with E-state index in [4.69, 9.17) is 4.74 Å². The summed E-state index contributed by atoms with van der Waals surface area (Å²) >= 11 is 0. The van der Waals surface area contributed by atoms with Gasteiger partial charge in [0.05, 0.1) is 29.2 Å². The Balaban J connectivity index is 2.06. The molecular weight excluding hydrogens is 306 g/mol. The lowest BCUT2D eigenvalue weighted by atomic mass is 10.1. The lowest BCUT2D eigenvalue weighted by molar-refractivity contribution is 0.0525. The number of nitrogens with zero attached hydrogens (tertiary/aromatic N) is 1. The zero-order valence-corrected chi connectivity index (χ0v) is 14.1. The molecule has 0 aliphatic carbocycles. The van der Waals surface area contributed by atoms with E-state index in [-0.39, 0.29) is 12.6 Å². The molecule has 1 aromatic carbocycles. The van der Waals surface area contributed by atoms with Gasteiger partial charge in [-0.15, -0.1) is 0 Å². The molecule has 24 heavy (non-hydrogen) atoms. The van der Waals surface area contributed by atoms with E-state index in [9.17, 15) is 9.59 Å². The number of rotatable bonds is 5. The number of nitrogens with one attached hydrogen (secondary N) is 2. The van der Waals surface area contributed by atoms with Crippen molar-refractivity contribution >= 4 is 17.7 Å². The topological polar surface area (TPSA) is 80.3 Å². The van der Waals surface area contributed by atoms with E-state index in [0.717, 1.165) is 5.56 Å². The molecule has 0 aliphatic rings. The molecule has 1 aromatic heterocycles. The number of aryl methyl sites for hydroxylation is 2. The zero-order chi connectivity index (χ0) is 17.5. The summed E-state index contributed by atoms with van der Waals surface area (Å²) < 4.78 is 5.01. The van der Waals surface area contributed by atoms with Gasteiger partial charge in [-0.1, -0.05) is 30.3 Å². The number of aromatic nitrogens is 1. The van der Waals surface area contributed by atoms with E-state index in [1.165, 1.54) is 0 Å². The van der Waals surface area contributed by atoms with Gasteiger partial charge in [-0.3, -0.25) is 4.98 Å². The van der Waals surface area contributed by atoms with Crippen molar-refractivity contribution in [2.24, 2.45) is 0 Å². The van der Waals surface area contributed by atoms with Crippen molar-refractivity contribution in [3.8, 4) is 0 Å². The minimum atomic E-state index is -0.449. The lowest BCUT2D eigenvalue weighted by Crippen LogP contribution is -2.28. The van der Waals surface area contributed by atoms with Crippen LogP contribution in [0.1, 0.15) is 34.2 Å². The number of hydrogen-bond donors (Lipinski definition) is 2. The first-order valence-corrected chi connectivity index (χ1v) is 7.75. The predicted molar refractivity (Wildman–Crippen MR) is 92.0 cm³/mol. The van der Waals surface area contributed by atoms with Gasteiger partial charge in [-0.25, -0.2) is 9.59 Å². The van der Waals surface area contributed by atoms with Gasteiger partial charge in [0.2, 0.25) is 0 Å². The third kappa shape index (κ3) is 4.55. The number of amides is 2. The van der Waals surface area contributed by atoms with Gasteiger partial charge in [0.15, 0.2) is 0 Å². The highest BCUT2D eigenvalue weighted by atomic mass is 16.5. The predicted octanol–water partition coefficient (Wildman–Crippen LogP) is 3.20. The van der Waals surface area contributed by atoms with Crippen LogP contribution in [0.15, 0.2) is 36.4 Å². The van der Waals surface area contributed by atoms with Crippen LogP contribution in [0.4, 0.5) is 10.5 Å². The summed E-state index contributed by atoms with van der Waals surface area (Å²) in [5.74, 6) is -0.449. The van der Waals surface area contributed by atoms with Gasteiger partial charge in [-0.05, 0) is 32.4 Å². The number of urea groups is 1. The lowest BCUT2D eigenvalue weighted by Gasteiger charge is -2.12. The molecule has 0 fully saturated rings. The maximum Gasteiger partial charge on any atom is 0.340 e. The Hall–Kier alpha value is -2.89. The highest BCUT2D eigenvalue weighted by molar-refractivity contribution is 5.95. The van der Waals surface area contributed by atoms with Crippen molar-refractivity contribution in [3.05, 3.63) is 58.9 Å². The smallest absolute Gasteiger partial charge is 0.340 e. The van der Waals surface area contributed by atoms with E-state index in [2.05, 4.69) is 15.6 Å². The van der Waals surface area contributed by atoms with Crippen LogP contribution in [0.2, 0.25) is 0 Å². The Labute approximate surface area is 141 Å². The van der Waals surface area contributed by atoms with E-state index in [1.807, 2.05) is 30.3 Å². The van der Waals surface area contributed by atoms with E-state index >= 15 is 0 Å². The van der Waals surface area contributed by atoms with Crippen molar-refractivity contribution < 1.29 is 14.3 Å². The van der Waals surface area contributed by atoms with Crippen LogP contribution >= 0.6 is 0 Å². The number of benzene rings is 1. The van der Waals surface area contributed by atoms with Crippen LogP contribution < -0.4 is 10.6 Å². The van der Waals surface area contributed by atoms with Crippen molar-refractivity contribution in [3.63, 3.8) is 0 Å². The molecule has 6 nitrogen and oxygen atoms in total. The number of carbonyl (C=O) groups is 2. The average Bonchev–Trinajstić information content (AvgIpc) is 2.56. The number of esters is 1. The fraction of sp³-hybridized carbons (Fsp3) is 0.278. The molecule has 0 bridgehead atoms. The van der Waals surface area contributed by atoms with Crippen LogP contribution in [0.5, 0.6) is 0 Å². The molecule has 0 unspecified atom stereocenters. The Kier molecular flexibility index (Phi) is 5.89. The summed E-state index contributed by atoms with van der Waals surface area (Å²) in [5, 5.41) is 5.49. The van der Waals surface area contributed by atoms with E-state index in [1.54, 1.807) is 26.8 Å². The van der Waals surface area contributed by atoms with Crippen LogP contribution in [0.3, 0.4) is 0 Å². The summed E-state index contributed by atoms with van der Waals surface area (Å²) in [6.07, 6.45) is 0. The van der Waals surface area contributed by atoms with Gasteiger partial charge >= 0.3 is 12.0 Å². The van der Waals surface area contributed by atoms with Crippen LogP contribution in [0.25, 0.3) is 0 Å². The quantitative estimate of drug-likeness (QED) is 0.827. The number of pyridine rings is 1. The summed E-state index contributed by atoms with van der Waals surface area (Å²) in [6, 6.07) is 10.8. The molecule has 6 heteroatoms. The van der Waals surface area contributed by atoms with Gasteiger partial charge in [0.1, 0.15) is 0 Å². The Morgan fingerprint density at radius 1 is 1.12 bits per heavy atom. The SMILES string of the molecule is CCOC(=O)c1cc(NC(=O)NCc2ccccc2)c(C)nc1C. The maximum atomic E-state index is 12.1. The second kappa shape index (κ2) is 8.10. The Bertz CT molecular complexity index is 730. The first-order valence-electron chi connectivity index (χ1n) is 7.75. The summed E-state index contributed by atoms with van der Waals surface area (Å²) in [5.41, 5.74) is 3.03. The molecule has 0 spiro atoms. The minimum Gasteiger partial charge on any atom is -0.462 e. The molecule has 0 aliphatic heterocycles. The van der Waals surface area contributed by atoms with Crippen molar-refractivity contribution in [2.75, 3.05) is 11.9 Å². The molecule has 2 amide bonds. The maximum absolute atomic E-state index is 12.1. The summed E-state index contributed by atoms with van der Waals surface area (Å²) in [7, 11) is 0. The molecule has 2 rings (SSSR count). The third-order valence-corrected chi connectivity index (χ3v) is 3.44. The van der Waals surface area contributed by atoms with Crippen LogP contribution in [0, 0.1) is 13.8 Å². The molecule has 0 saturated heterocycles. The average molecular weight is 327 g/mol. The standard InChI is InChI=1S/C18H21N3O3/c1-4-24-17(22)15-10-16(13(3)20-12(15)2)21-18(23)19-11-14-8-6-5-7-9-14/h5-10H,4,11H2,1-3H3,(H2,19,21,23). The third-order valence-electron chi connectivity index (χ3n) is 3.44. The molecule has 2 N–H and O–H groups in total. The van der Waals surface area contributed by atoms with Gasteiger partial charge in [0, 0.05) is 6.54 Å². The second-order valence-corrected chi connectivity index (χ2v) is 5.27. The second-order valence-electron chi connectivity index (χ2n) is 5.27. The fourth-order valence-electron chi connectivity index (χ4n) is 2.21. The molecule has 1 heterocycles. The largest absolute Gasteiger partial charge is 0.462 e. The number of carbonyl (C=O) groups excluding carboxylic acids is 2. The van der Waals surface area contributed by atoms with E-state index in [0.29, 0.717) is 29.2 Å². The normalized spacial score (nSPS) is 10.1. The molecule has 0 atom stereocenters. The summed E-state index contributed by atoms with van der Waals surface area (Å²) in [4.78, 5) is 28.3. The van der Waals surface area contributed by atoms with Crippen LogP contribution in [-0.4, -0.2) is 23.6 Å². The molecule has 126 valence electrons. The first kappa shape index (κ1) is 17.5. The monoisotopic (exact) mass is 327 g/mol. The molecule has 2 aromatic rings. The van der Waals surface area contributed by atoms with Gasteiger partial charge in [-0.2, -0.15) is 0 Å². The van der Waals surface area contributed by atoms with Crippen molar-refractivity contribution in [1.29, 1.82) is 0 Å². The molecular formula is C18H21N3O3. The van der Waals surface area contributed by atoms with Crippen LogP contribution in [-0.2, 0) is 11.3 Å². The molecule has 0 saturated carbocycles. The Morgan fingerprint density at radius 3 is 2.50 bits per heavy atom. The fourth-order valence-corrected chi connectivity index (χ4v) is 2.21. The Morgan fingerprint density at radius 2 is 1.83 bits per heavy atom. The van der Waals surface area contributed by atoms with Crippen molar-refractivity contribution in [1.82, 2.24) is 10.3 Å². The minimum absolute atomic E-state index is 0.284.